The van der Waals surface area contributed by atoms with Gasteiger partial charge in [-0.2, -0.15) is 0 Å². The van der Waals surface area contributed by atoms with Gasteiger partial charge >= 0.3 is 5.69 Å². The first-order valence-corrected chi connectivity index (χ1v) is 6.68. The molecule has 0 spiro atoms. The summed E-state index contributed by atoms with van der Waals surface area (Å²) in [6, 6.07) is 7.97. The Morgan fingerprint density at radius 3 is 2.24 bits per heavy atom. The third-order valence-corrected chi connectivity index (χ3v) is 3.41. The number of imidazole rings is 1. The zero-order valence-electron chi connectivity index (χ0n) is 12.1. The molecule has 3 rings (SSSR count). The molecule has 0 atom stereocenters. The molecule has 1 aromatic carbocycles. The molecule has 21 heavy (non-hydrogen) atoms. The molecule has 2 heterocycles. The number of H-pyrrole nitrogens is 3. The number of aromatic amines is 3. The first kappa shape index (κ1) is 13.4. The normalized spacial score (nSPS) is 12.0. The molecule has 0 fully saturated rings. The van der Waals surface area contributed by atoms with Gasteiger partial charge in [-0.25, -0.2) is 9.78 Å². The number of hydrogen-bond donors (Lipinski definition) is 3. The van der Waals surface area contributed by atoms with Crippen molar-refractivity contribution < 1.29 is 0 Å². The summed E-state index contributed by atoms with van der Waals surface area (Å²) < 4.78 is 0. The van der Waals surface area contributed by atoms with E-state index in [4.69, 9.17) is 0 Å². The molecule has 3 aromatic rings. The molecular formula is C15H16N4O2. The fourth-order valence-corrected chi connectivity index (χ4v) is 2.20. The Morgan fingerprint density at radius 1 is 0.952 bits per heavy atom. The van der Waals surface area contributed by atoms with Gasteiger partial charge in [-0.05, 0) is 11.0 Å². The summed E-state index contributed by atoms with van der Waals surface area (Å²) in [4.78, 5) is 34.8. The Hall–Kier alpha value is -2.63. The Kier molecular flexibility index (Phi) is 2.83. The lowest BCUT2D eigenvalue weighted by atomic mass is 9.87. The Bertz CT molecular complexity index is 908. The molecule has 0 aliphatic rings. The van der Waals surface area contributed by atoms with Gasteiger partial charge < -0.3 is 4.98 Å². The molecule has 0 amide bonds. The number of nitrogens with zero attached hydrogens (tertiary/aromatic N) is 1. The summed E-state index contributed by atoms with van der Waals surface area (Å²) in [5.41, 5.74) is 1.65. The summed E-state index contributed by atoms with van der Waals surface area (Å²) in [6.07, 6.45) is 0. The molecular weight excluding hydrogens is 268 g/mol. The zero-order chi connectivity index (χ0) is 15.2. The van der Waals surface area contributed by atoms with Crippen LogP contribution in [0.25, 0.3) is 22.6 Å². The summed E-state index contributed by atoms with van der Waals surface area (Å²) in [7, 11) is 0. The Balaban J connectivity index is 2.11. The van der Waals surface area contributed by atoms with Gasteiger partial charge in [0, 0.05) is 5.56 Å². The van der Waals surface area contributed by atoms with Crippen LogP contribution in [0.5, 0.6) is 0 Å². The fraction of sp³-hybridized carbons (Fsp3) is 0.267. The maximum Gasteiger partial charge on any atom is 0.327 e. The highest BCUT2D eigenvalue weighted by Gasteiger charge is 2.14. The molecule has 6 heteroatoms. The molecule has 0 unspecified atom stereocenters. The van der Waals surface area contributed by atoms with Gasteiger partial charge in [0.15, 0.2) is 5.65 Å². The second-order valence-electron chi connectivity index (χ2n) is 6.04. The van der Waals surface area contributed by atoms with Crippen LogP contribution in [0.15, 0.2) is 33.9 Å². The SMILES string of the molecule is CC(C)(C)c1ccc(-c2nc3[nH]c(=O)[nH]c(=O)c3[nH]2)cc1. The van der Waals surface area contributed by atoms with Crippen molar-refractivity contribution in [3.63, 3.8) is 0 Å². The van der Waals surface area contributed by atoms with Crippen molar-refractivity contribution in [1.82, 2.24) is 19.9 Å². The highest BCUT2D eigenvalue weighted by molar-refractivity contribution is 5.74. The van der Waals surface area contributed by atoms with Crippen molar-refractivity contribution in [2.24, 2.45) is 0 Å². The predicted molar refractivity (Wildman–Crippen MR) is 81.5 cm³/mol. The predicted octanol–water partition coefficient (Wildman–Crippen LogP) is 1.90. The van der Waals surface area contributed by atoms with Gasteiger partial charge in [0.05, 0.1) is 0 Å². The summed E-state index contributed by atoms with van der Waals surface area (Å²) in [5.74, 6) is 0.554. The van der Waals surface area contributed by atoms with Crippen molar-refractivity contribution >= 4 is 11.2 Å². The number of rotatable bonds is 1. The van der Waals surface area contributed by atoms with Crippen LogP contribution in [0.4, 0.5) is 0 Å². The van der Waals surface area contributed by atoms with Crippen molar-refractivity contribution in [3.8, 4) is 11.4 Å². The molecule has 0 radical (unpaired) electrons. The summed E-state index contributed by atoms with van der Waals surface area (Å²) in [6.45, 7) is 6.44. The second kappa shape index (κ2) is 4.44. The van der Waals surface area contributed by atoms with Crippen LogP contribution < -0.4 is 11.2 Å². The fourth-order valence-electron chi connectivity index (χ4n) is 2.20. The van der Waals surface area contributed by atoms with Crippen LogP contribution in [0.1, 0.15) is 26.3 Å². The summed E-state index contributed by atoms with van der Waals surface area (Å²) in [5, 5.41) is 0. The molecule has 0 aliphatic carbocycles. The van der Waals surface area contributed by atoms with Crippen LogP contribution in [-0.4, -0.2) is 19.9 Å². The minimum atomic E-state index is -0.561. The first-order valence-electron chi connectivity index (χ1n) is 6.68. The van der Waals surface area contributed by atoms with E-state index in [1.807, 2.05) is 24.3 Å². The van der Waals surface area contributed by atoms with Crippen LogP contribution in [0.3, 0.4) is 0 Å². The van der Waals surface area contributed by atoms with Crippen molar-refractivity contribution in [1.29, 1.82) is 0 Å². The average molecular weight is 284 g/mol. The van der Waals surface area contributed by atoms with Crippen LogP contribution in [0.2, 0.25) is 0 Å². The third kappa shape index (κ3) is 2.40. The summed E-state index contributed by atoms with van der Waals surface area (Å²) >= 11 is 0. The Morgan fingerprint density at radius 2 is 1.62 bits per heavy atom. The largest absolute Gasteiger partial charge is 0.332 e. The van der Waals surface area contributed by atoms with Crippen LogP contribution in [-0.2, 0) is 5.41 Å². The lowest BCUT2D eigenvalue weighted by Gasteiger charge is -2.18. The van der Waals surface area contributed by atoms with E-state index >= 15 is 0 Å². The Labute approximate surface area is 120 Å². The topological polar surface area (TPSA) is 94.4 Å². The number of fused-ring (bicyclic) bond motifs is 1. The maximum atomic E-state index is 11.7. The highest BCUT2D eigenvalue weighted by Crippen LogP contribution is 2.25. The molecule has 3 N–H and O–H groups in total. The molecule has 6 nitrogen and oxygen atoms in total. The van der Waals surface area contributed by atoms with E-state index in [-0.39, 0.29) is 16.6 Å². The molecule has 108 valence electrons. The quantitative estimate of drug-likeness (QED) is 0.637. The van der Waals surface area contributed by atoms with Crippen molar-refractivity contribution in [2.75, 3.05) is 0 Å². The van der Waals surface area contributed by atoms with E-state index in [2.05, 4.69) is 40.7 Å². The molecule has 0 saturated heterocycles. The van der Waals surface area contributed by atoms with Crippen LogP contribution in [0, 0.1) is 0 Å². The zero-order valence-corrected chi connectivity index (χ0v) is 12.1. The lowest BCUT2D eigenvalue weighted by Crippen LogP contribution is -2.21. The van der Waals surface area contributed by atoms with Gasteiger partial charge in [-0.1, -0.05) is 45.0 Å². The molecule has 0 aliphatic heterocycles. The highest BCUT2D eigenvalue weighted by atomic mass is 16.2. The minimum absolute atomic E-state index is 0.0782. The minimum Gasteiger partial charge on any atom is -0.332 e. The van der Waals surface area contributed by atoms with E-state index in [1.54, 1.807) is 0 Å². The molecule has 0 saturated carbocycles. The van der Waals surface area contributed by atoms with Crippen LogP contribution >= 0.6 is 0 Å². The number of benzene rings is 1. The number of aromatic nitrogens is 4. The van der Waals surface area contributed by atoms with Gasteiger partial charge in [0.1, 0.15) is 11.3 Å². The average Bonchev–Trinajstić information content (AvgIpc) is 2.82. The van der Waals surface area contributed by atoms with E-state index in [0.29, 0.717) is 5.82 Å². The molecule has 0 bridgehead atoms. The van der Waals surface area contributed by atoms with E-state index in [1.165, 1.54) is 5.56 Å². The van der Waals surface area contributed by atoms with Gasteiger partial charge in [-0.15, -0.1) is 0 Å². The third-order valence-electron chi connectivity index (χ3n) is 3.41. The van der Waals surface area contributed by atoms with E-state index < -0.39 is 11.2 Å². The standard InChI is InChI=1S/C15H16N4O2/c1-15(2,3)9-6-4-8(5-7-9)11-16-10-12(17-11)18-14(21)19-13(10)20/h4-7H,1-3H3,(H3,16,17,18,19,20,21). The maximum absolute atomic E-state index is 11.7. The number of nitrogens with one attached hydrogen (secondary N) is 3. The lowest BCUT2D eigenvalue weighted by molar-refractivity contribution is 0.590. The van der Waals surface area contributed by atoms with E-state index in [0.717, 1.165) is 5.56 Å². The monoisotopic (exact) mass is 284 g/mol. The van der Waals surface area contributed by atoms with E-state index in [9.17, 15) is 9.59 Å². The number of hydrogen-bond acceptors (Lipinski definition) is 3. The van der Waals surface area contributed by atoms with Gasteiger partial charge in [-0.3, -0.25) is 14.8 Å². The smallest absolute Gasteiger partial charge is 0.327 e. The van der Waals surface area contributed by atoms with Crippen molar-refractivity contribution in [3.05, 3.63) is 50.7 Å². The second-order valence-corrected chi connectivity index (χ2v) is 6.04. The van der Waals surface area contributed by atoms with Gasteiger partial charge in [0.2, 0.25) is 0 Å². The van der Waals surface area contributed by atoms with Gasteiger partial charge in [0.25, 0.3) is 5.56 Å². The first-order chi connectivity index (χ1) is 9.84. The molecule has 2 aromatic heterocycles. The van der Waals surface area contributed by atoms with Crippen molar-refractivity contribution in [2.45, 2.75) is 26.2 Å².